The molecule has 0 bridgehead atoms. The lowest BCUT2D eigenvalue weighted by Crippen LogP contribution is -2.44. The van der Waals surface area contributed by atoms with Crippen LogP contribution in [-0.2, 0) is 0 Å². The number of rotatable bonds is 11. The third-order valence-corrected chi connectivity index (χ3v) is 3.86. The molecule has 0 amide bonds. The third kappa shape index (κ3) is 6.99. The summed E-state index contributed by atoms with van der Waals surface area (Å²) in [4.78, 5) is 2.18. The summed E-state index contributed by atoms with van der Waals surface area (Å²) < 4.78 is 0. The highest BCUT2D eigenvalue weighted by atomic mass is 15.3. The first kappa shape index (κ1) is 17.1. The van der Waals surface area contributed by atoms with Gasteiger partial charge < -0.3 is 16.0 Å². The van der Waals surface area contributed by atoms with Crippen LogP contribution in [0.5, 0.6) is 0 Å². The SMILES string of the molecule is CCCCCCCC/C=C/CCC1NC=CN1C(C)N. The molecule has 1 heterocycles. The number of nitrogens with one attached hydrogen (secondary N) is 1. The van der Waals surface area contributed by atoms with Crippen LogP contribution in [-0.4, -0.2) is 17.2 Å². The minimum atomic E-state index is 0.0818. The number of hydrogen-bond acceptors (Lipinski definition) is 3. The molecule has 3 nitrogen and oxygen atoms in total. The van der Waals surface area contributed by atoms with Gasteiger partial charge in [-0.25, -0.2) is 0 Å². The highest BCUT2D eigenvalue weighted by Gasteiger charge is 2.19. The zero-order valence-corrected chi connectivity index (χ0v) is 13.4. The average Bonchev–Trinajstić information content (AvgIpc) is 2.89. The van der Waals surface area contributed by atoms with Crippen LogP contribution in [0.15, 0.2) is 24.6 Å². The van der Waals surface area contributed by atoms with Gasteiger partial charge in [-0.3, -0.25) is 0 Å². The number of nitrogens with two attached hydrogens (primary N) is 1. The lowest BCUT2D eigenvalue weighted by molar-refractivity contribution is 0.213. The van der Waals surface area contributed by atoms with Crippen LogP contribution < -0.4 is 11.1 Å². The van der Waals surface area contributed by atoms with E-state index < -0.39 is 0 Å². The topological polar surface area (TPSA) is 41.3 Å². The Hall–Kier alpha value is -0.960. The zero-order chi connectivity index (χ0) is 14.6. The summed E-state index contributed by atoms with van der Waals surface area (Å²) >= 11 is 0. The molecule has 2 atom stereocenters. The molecule has 2 unspecified atom stereocenters. The second-order valence-electron chi connectivity index (χ2n) is 5.79. The maximum Gasteiger partial charge on any atom is 0.0998 e. The van der Waals surface area contributed by atoms with E-state index in [0.717, 1.165) is 12.8 Å². The van der Waals surface area contributed by atoms with E-state index in [1.807, 2.05) is 13.1 Å². The van der Waals surface area contributed by atoms with Crippen molar-refractivity contribution in [3.05, 3.63) is 24.6 Å². The molecule has 3 heteroatoms. The Bertz CT molecular complexity index is 284. The molecule has 0 aromatic heterocycles. The second-order valence-corrected chi connectivity index (χ2v) is 5.79. The Balaban J connectivity index is 1.97. The van der Waals surface area contributed by atoms with Crippen molar-refractivity contribution >= 4 is 0 Å². The summed E-state index contributed by atoms with van der Waals surface area (Å²) in [5, 5.41) is 3.35. The van der Waals surface area contributed by atoms with Gasteiger partial charge in [-0.05, 0) is 32.6 Å². The lowest BCUT2D eigenvalue weighted by atomic mass is 10.1. The van der Waals surface area contributed by atoms with Gasteiger partial charge in [0.15, 0.2) is 0 Å². The molecule has 1 aliphatic heterocycles. The second kappa shape index (κ2) is 10.8. The maximum atomic E-state index is 5.92. The summed E-state index contributed by atoms with van der Waals surface area (Å²) in [7, 11) is 0. The molecule has 0 aliphatic carbocycles. The van der Waals surface area contributed by atoms with Crippen LogP contribution in [0.1, 0.15) is 71.6 Å². The molecule has 1 rings (SSSR count). The van der Waals surface area contributed by atoms with Crippen LogP contribution in [0.4, 0.5) is 0 Å². The number of unbranched alkanes of at least 4 members (excludes halogenated alkanes) is 6. The molecular weight excluding hydrogens is 246 g/mol. The van der Waals surface area contributed by atoms with Crippen LogP contribution in [0.25, 0.3) is 0 Å². The highest BCUT2D eigenvalue weighted by Crippen LogP contribution is 2.13. The molecule has 0 saturated heterocycles. The van der Waals surface area contributed by atoms with Gasteiger partial charge in [0.25, 0.3) is 0 Å². The van der Waals surface area contributed by atoms with Gasteiger partial charge in [0.2, 0.25) is 0 Å². The molecule has 0 aromatic rings. The quantitative estimate of drug-likeness (QED) is 0.442. The van der Waals surface area contributed by atoms with Crippen molar-refractivity contribution in [1.29, 1.82) is 0 Å². The molecule has 3 N–H and O–H groups in total. The minimum absolute atomic E-state index is 0.0818. The lowest BCUT2D eigenvalue weighted by Gasteiger charge is -2.28. The summed E-state index contributed by atoms with van der Waals surface area (Å²) in [6.45, 7) is 4.29. The highest BCUT2D eigenvalue weighted by molar-refractivity contribution is 4.96. The Kier molecular flexibility index (Phi) is 9.22. The first-order valence-corrected chi connectivity index (χ1v) is 8.36. The van der Waals surface area contributed by atoms with Gasteiger partial charge in [0, 0.05) is 12.4 Å². The van der Waals surface area contributed by atoms with Crippen molar-refractivity contribution in [1.82, 2.24) is 10.2 Å². The van der Waals surface area contributed by atoms with E-state index >= 15 is 0 Å². The van der Waals surface area contributed by atoms with Gasteiger partial charge in [-0.15, -0.1) is 0 Å². The van der Waals surface area contributed by atoms with Crippen molar-refractivity contribution in [2.24, 2.45) is 5.73 Å². The Labute approximate surface area is 125 Å². The molecule has 0 aromatic carbocycles. The number of allylic oxidation sites excluding steroid dienone is 2. The van der Waals surface area contributed by atoms with Crippen molar-refractivity contribution in [3.63, 3.8) is 0 Å². The van der Waals surface area contributed by atoms with Gasteiger partial charge in [0.05, 0.1) is 12.3 Å². The normalized spacial score (nSPS) is 19.8. The molecule has 0 saturated carbocycles. The monoisotopic (exact) mass is 279 g/mol. The van der Waals surface area contributed by atoms with E-state index in [0.29, 0.717) is 6.17 Å². The Morgan fingerprint density at radius 3 is 2.60 bits per heavy atom. The van der Waals surface area contributed by atoms with Crippen LogP contribution in [0.3, 0.4) is 0 Å². The molecular formula is C17H33N3. The van der Waals surface area contributed by atoms with Gasteiger partial charge in [0.1, 0.15) is 0 Å². The summed E-state index contributed by atoms with van der Waals surface area (Å²) in [5.41, 5.74) is 5.92. The third-order valence-electron chi connectivity index (χ3n) is 3.86. The van der Waals surface area contributed by atoms with E-state index in [1.54, 1.807) is 0 Å². The molecule has 20 heavy (non-hydrogen) atoms. The fraction of sp³-hybridized carbons (Fsp3) is 0.765. The predicted octanol–water partition coefficient (Wildman–Crippen LogP) is 4.08. The van der Waals surface area contributed by atoms with Crippen molar-refractivity contribution in [2.75, 3.05) is 0 Å². The van der Waals surface area contributed by atoms with Crippen molar-refractivity contribution in [3.8, 4) is 0 Å². The number of hydrogen-bond donors (Lipinski definition) is 2. The Morgan fingerprint density at radius 1 is 1.15 bits per heavy atom. The smallest absolute Gasteiger partial charge is 0.0998 e. The Morgan fingerprint density at radius 2 is 1.85 bits per heavy atom. The first-order chi connectivity index (χ1) is 9.75. The first-order valence-electron chi connectivity index (χ1n) is 8.36. The van der Waals surface area contributed by atoms with Crippen molar-refractivity contribution < 1.29 is 0 Å². The minimum Gasteiger partial charge on any atom is -0.370 e. The largest absolute Gasteiger partial charge is 0.370 e. The van der Waals surface area contributed by atoms with Crippen LogP contribution in [0, 0.1) is 0 Å². The van der Waals surface area contributed by atoms with Gasteiger partial charge in [-0.1, -0.05) is 51.2 Å². The zero-order valence-electron chi connectivity index (χ0n) is 13.4. The standard InChI is InChI=1S/C17H33N3/c1-3-4-5-6-7-8-9-10-11-12-13-17-19-14-15-20(17)16(2)18/h10-11,14-17,19H,3-9,12-13,18H2,1-2H3/b11-10+. The molecule has 116 valence electrons. The van der Waals surface area contributed by atoms with Crippen molar-refractivity contribution in [2.45, 2.75) is 84.0 Å². The summed E-state index contributed by atoms with van der Waals surface area (Å²) in [5.74, 6) is 0. The molecule has 0 radical (unpaired) electrons. The predicted molar refractivity (Wildman–Crippen MR) is 87.9 cm³/mol. The molecule has 1 aliphatic rings. The molecule has 0 spiro atoms. The van der Waals surface area contributed by atoms with E-state index in [4.69, 9.17) is 5.73 Å². The molecule has 0 fully saturated rings. The van der Waals surface area contributed by atoms with Gasteiger partial charge in [-0.2, -0.15) is 0 Å². The van der Waals surface area contributed by atoms with E-state index in [2.05, 4.69) is 35.5 Å². The van der Waals surface area contributed by atoms with Crippen LogP contribution >= 0.6 is 0 Å². The van der Waals surface area contributed by atoms with E-state index in [-0.39, 0.29) is 6.17 Å². The van der Waals surface area contributed by atoms with Gasteiger partial charge >= 0.3 is 0 Å². The fourth-order valence-electron chi connectivity index (χ4n) is 2.61. The van der Waals surface area contributed by atoms with E-state index in [9.17, 15) is 0 Å². The fourth-order valence-corrected chi connectivity index (χ4v) is 2.61. The average molecular weight is 279 g/mol. The summed E-state index contributed by atoms with van der Waals surface area (Å²) in [6.07, 6.45) is 20.9. The van der Waals surface area contributed by atoms with Crippen LogP contribution in [0.2, 0.25) is 0 Å². The summed E-state index contributed by atoms with van der Waals surface area (Å²) in [6, 6.07) is 0. The number of nitrogens with zero attached hydrogens (tertiary/aromatic N) is 1. The maximum absolute atomic E-state index is 5.92. The van der Waals surface area contributed by atoms with E-state index in [1.165, 1.54) is 44.9 Å².